The average Bonchev–Trinajstić information content (AvgIpc) is 3.26. The van der Waals surface area contributed by atoms with Gasteiger partial charge in [0, 0.05) is 44.4 Å². The molecule has 1 aliphatic rings. The number of nitro benzene ring substituents is 1. The van der Waals surface area contributed by atoms with Gasteiger partial charge in [0.25, 0.3) is 11.6 Å². The van der Waals surface area contributed by atoms with Gasteiger partial charge in [0.15, 0.2) is 5.69 Å². The van der Waals surface area contributed by atoms with Gasteiger partial charge in [-0.1, -0.05) is 12.1 Å². The summed E-state index contributed by atoms with van der Waals surface area (Å²) in [5.41, 5.74) is 2.40. The SMILES string of the molecule is COCCNC(=O)c1nn(-c2cc(C)ccc2C)c(Oc2ccc([N+](=O)[O-])cc2S(=O)(=O)N2CCOCC2)c1C. The summed E-state index contributed by atoms with van der Waals surface area (Å²) < 4.78 is 46.4. The molecule has 4 rings (SSSR count). The number of non-ortho nitro benzene ring substituents is 1. The molecule has 2 aromatic carbocycles. The lowest BCUT2D eigenvalue weighted by Crippen LogP contribution is -2.40. The van der Waals surface area contributed by atoms with Crippen molar-refractivity contribution in [1.29, 1.82) is 0 Å². The molecule has 0 bridgehead atoms. The molecule has 1 N–H and O–H groups in total. The molecule has 0 radical (unpaired) electrons. The second kappa shape index (κ2) is 12.1. The highest BCUT2D eigenvalue weighted by atomic mass is 32.2. The van der Waals surface area contributed by atoms with Gasteiger partial charge in [0.2, 0.25) is 15.9 Å². The summed E-state index contributed by atoms with van der Waals surface area (Å²) in [6, 6.07) is 9.07. The summed E-state index contributed by atoms with van der Waals surface area (Å²) in [6.45, 7) is 6.55. The predicted octanol–water partition coefficient (Wildman–Crippen LogP) is 2.90. The second-order valence-electron chi connectivity index (χ2n) is 9.24. The van der Waals surface area contributed by atoms with Crippen molar-refractivity contribution in [2.24, 2.45) is 0 Å². The number of aromatic nitrogens is 2. The zero-order valence-corrected chi connectivity index (χ0v) is 23.5. The number of carbonyl (C=O) groups excluding carboxylic acids is 1. The van der Waals surface area contributed by atoms with E-state index in [2.05, 4.69) is 10.4 Å². The molecule has 0 saturated carbocycles. The lowest BCUT2D eigenvalue weighted by molar-refractivity contribution is -0.385. The van der Waals surface area contributed by atoms with Crippen LogP contribution in [0.1, 0.15) is 27.2 Å². The molecule has 13 nitrogen and oxygen atoms in total. The molecule has 1 aromatic heterocycles. The van der Waals surface area contributed by atoms with E-state index in [4.69, 9.17) is 14.2 Å². The molecule has 0 atom stereocenters. The Morgan fingerprint density at radius 2 is 1.88 bits per heavy atom. The van der Waals surface area contributed by atoms with Gasteiger partial charge in [-0.15, -0.1) is 0 Å². The van der Waals surface area contributed by atoms with E-state index >= 15 is 0 Å². The second-order valence-corrected chi connectivity index (χ2v) is 11.1. The first kappa shape index (κ1) is 29.1. The normalized spacial score (nSPS) is 14.2. The fourth-order valence-corrected chi connectivity index (χ4v) is 5.75. The largest absolute Gasteiger partial charge is 0.437 e. The number of sulfonamides is 1. The number of methoxy groups -OCH3 is 1. The number of aryl methyl sites for hydroxylation is 2. The van der Waals surface area contributed by atoms with Gasteiger partial charge in [-0.05, 0) is 44.0 Å². The van der Waals surface area contributed by atoms with E-state index in [9.17, 15) is 23.3 Å². The van der Waals surface area contributed by atoms with Crippen LogP contribution in [0.5, 0.6) is 11.6 Å². The van der Waals surface area contributed by atoms with Crippen LogP contribution >= 0.6 is 0 Å². The first-order chi connectivity index (χ1) is 19.0. The molecule has 1 amide bonds. The number of hydrogen-bond acceptors (Lipinski definition) is 9. The topological polar surface area (TPSA) is 155 Å². The highest BCUT2D eigenvalue weighted by Gasteiger charge is 2.33. The molecule has 40 heavy (non-hydrogen) atoms. The maximum Gasteiger partial charge on any atom is 0.272 e. The third-order valence-electron chi connectivity index (χ3n) is 6.40. The molecular weight excluding hydrogens is 542 g/mol. The molecule has 3 aromatic rings. The first-order valence-electron chi connectivity index (χ1n) is 12.5. The van der Waals surface area contributed by atoms with Crippen molar-refractivity contribution >= 4 is 21.6 Å². The number of carbonyl (C=O) groups is 1. The van der Waals surface area contributed by atoms with Gasteiger partial charge in [-0.25, -0.2) is 8.42 Å². The monoisotopic (exact) mass is 573 g/mol. The molecule has 214 valence electrons. The van der Waals surface area contributed by atoms with Crippen LogP contribution in [0.4, 0.5) is 5.69 Å². The number of nitro groups is 1. The van der Waals surface area contributed by atoms with E-state index in [-0.39, 0.29) is 55.1 Å². The number of amides is 1. The van der Waals surface area contributed by atoms with E-state index in [1.54, 1.807) is 6.92 Å². The van der Waals surface area contributed by atoms with Crippen LogP contribution in [0.2, 0.25) is 0 Å². The molecule has 0 aliphatic carbocycles. The van der Waals surface area contributed by atoms with E-state index in [0.29, 0.717) is 17.9 Å². The number of nitrogens with one attached hydrogen (secondary N) is 1. The van der Waals surface area contributed by atoms with Crippen LogP contribution < -0.4 is 10.1 Å². The van der Waals surface area contributed by atoms with E-state index in [1.807, 2.05) is 32.0 Å². The first-order valence-corrected chi connectivity index (χ1v) is 14.0. The van der Waals surface area contributed by atoms with Crippen LogP contribution in [0.3, 0.4) is 0 Å². The number of benzene rings is 2. The summed E-state index contributed by atoms with van der Waals surface area (Å²) in [4.78, 5) is 23.5. The van der Waals surface area contributed by atoms with Gasteiger partial charge < -0.3 is 19.5 Å². The molecular formula is C26H31N5O8S. The van der Waals surface area contributed by atoms with Gasteiger partial charge >= 0.3 is 0 Å². The van der Waals surface area contributed by atoms with E-state index in [0.717, 1.165) is 17.2 Å². The van der Waals surface area contributed by atoms with Crippen LogP contribution in [-0.4, -0.2) is 79.9 Å². The maximum atomic E-state index is 13.6. The maximum absolute atomic E-state index is 13.6. The van der Waals surface area contributed by atoms with E-state index < -0.39 is 26.5 Å². The fourth-order valence-electron chi connectivity index (χ4n) is 4.20. The summed E-state index contributed by atoms with van der Waals surface area (Å²) in [5, 5.41) is 18.8. The Labute approximate surface area is 231 Å². The van der Waals surface area contributed by atoms with Crippen LogP contribution in [-0.2, 0) is 19.5 Å². The number of ether oxygens (including phenoxy) is 3. The quantitative estimate of drug-likeness (QED) is 0.219. The van der Waals surface area contributed by atoms with Crippen LogP contribution in [0.25, 0.3) is 5.69 Å². The summed E-state index contributed by atoms with van der Waals surface area (Å²) in [5.74, 6) is -0.510. The van der Waals surface area contributed by atoms with Gasteiger partial charge in [-0.3, -0.25) is 14.9 Å². The van der Waals surface area contributed by atoms with Crippen molar-refractivity contribution in [3.05, 3.63) is 68.9 Å². The molecule has 1 fully saturated rings. The summed E-state index contributed by atoms with van der Waals surface area (Å²) >= 11 is 0. The number of hydrogen-bond donors (Lipinski definition) is 1. The number of morpholine rings is 1. The fraction of sp³-hybridized carbons (Fsp3) is 0.385. The Hall–Kier alpha value is -3.85. The van der Waals surface area contributed by atoms with Crippen molar-refractivity contribution in [2.45, 2.75) is 25.7 Å². The zero-order chi connectivity index (χ0) is 29.0. The van der Waals surface area contributed by atoms with Crippen molar-refractivity contribution in [2.75, 3.05) is 46.6 Å². The van der Waals surface area contributed by atoms with Crippen LogP contribution in [0, 0.1) is 30.9 Å². The third-order valence-corrected chi connectivity index (χ3v) is 8.32. The summed E-state index contributed by atoms with van der Waals surface area (Å²) in [6.07, 6.45) is 0. The Balaban J connectivity index is 1.87. The Morgan fingerprint density at radius 3 is 2.55 bits per heavy atom. The van der Waals surface area contributed by atoms with Crippen molar-refractivity contribution in [1.82, 2.24) is 19.4 Å². The minimum atomic E-state index is -4.20. The van der Waals surface area contributed by atoms with Crippen LogP contribution in [0.15, 0.2) is 41.3 Å². The molecule has 0 spiro atoms. The van der Waals surface area contributed by atoms with E-state index in [1.165, 1.54) is 28.2 Å². The van der Waals surface area contributed by atoms with Crippen molar-refractivity contribution in [3.63, 3.8) is 0 Å². The lowest BCUT2D eigenvalue weighted by atomic mass is 10.1. The molecule has 1 saturated heterocycles. The third kappa shape index (κ3) is 5.99. The molecule has 1 aliphatic heterocycles. The molecule has 2 heterocycles. The zero-order valence-electron chi connectivity index (χ0n) is 22.7. The molecule has 0 unspecified atom stereocenters. The predicted molar refractivity (Wildman–Crippen MR) is 145 cm³/mol. The lowest BCUT2D eigenvalue weighted by Gasteiger charge is -2.26. The Kier molecular flexibility index (Phi) is 8.83. The Morgan fingerprint density at radius 1 is 1.15 bits per heavy atom. The smallest absolute Gasteiger partial charge is 0.272 e. The van der Waals surface area contributed by atoms with Gasteiger partial charge in [0.1, 0.15) is 10.6 Å². The minimum Gasteiger partial charge on any atom is -0.437 e. The van der Waals surface area contributed by atoms with Gasteiger partial charge in [0.05, 0.1) is 30.4 Å². The number of nitrogens with zero attached hydrogens (tertiary/aromatic N) is 4. The van der Waals surface area contributed by atoms with Crippen molar-refractivity contribution in [3.8, 4) is 17.3 Å². The average molecular weight is 574 g/mol. The highest BCUT2D eigenvalue weighted by Crippen LogP contribution is 2.37. The minimum absolute atomic E-state index is 0.0755. The molecule has 14 heteroatoms. The standard InChI is InChI=1S/C26H31N5O8S/c1-17-5-6-18(2)21(15-17)30-26(19(3)24(28-30)25(32)27-9-12-37-4)39-22-8-7-20(31(33)34)16-23(22)40(35,36)29-10-13-38-14-11-29/h5-8,15-16H,9-14H2,1-4H3,(H,27,32). The summed E-state index contributed by atoms with van der Waals surface area (Å²) in [7, 11) is -2.68. The highest BCUT2D eigenvalue weighted by molar-refractivity contribution is 7.89. The van der Waals surface area contributed by atoms with Crippen molar-refractivity contribution < 1.29 is 32.3 Å². The number of rotatable bonds is 10. The Bertz CT molecular complexity index is 1530. The van der Waals surface area contributed by atoms with Gasteiger partial charge in [-0.2, -0.15) is 14.1 Å².